The smallest absolute Gasteiger partial charge is 0.294 e. The molecule has 1 amide bonds. The fourth-order valence-electron chi connectivity index (χ4n) is 1.72. The van der Waals surface area contributed by atoms with E-state index in [2.05, 4.69) is 10.4 Å². The highest BCUT2D eigenvalue weighted by molar-refractivity contribution is 5.93. The molecule has 0 aliphatic carbocycles. The number of hydrogen-bond donors (Lipinski definition) is 2. The molecule has 6 nitrogen and oxygen atoms in total. The second-order valence-corrected chi connectivity index (χ2v) is 4.21. The maximum absolute atomic E-state index is 11.6. The zero-order valence-electron chi connectivity index (χ0n) is 10.5. The molecule has 2 aromatic rings. The Hall–Kier alpha value is -2.47. The van der Waals surface area contributed by atoms with Crippen molar-refractivity contribution >= 4 is 5.91 Å². The van der Waals surface area contributed by atoms with E-state index >= 15 is 0 Å². The van der Waals surface area contributed by atoms with E-state index in [1.165, 1.54) is 10.8 Å². The summed E-state index contributed by atoms with van der Waals surface area (Å²) in [5.41, 5.74) is 4.06. The SMILES string of the molecule is Cc1cnc(=O)n(Cc2ccc(C(=O)NN)cc2)c1. The summed E-state index contributed by atoms with van der Waals surface area (Å²) in [6.07, 6.45) is 3.28. The van der Waals surface area contributed by atoms with Gasteiger partial charge in [-0.2, -0.15) is 0 Å². The number of carbonyl (C=O) groups is 1. The molecule has 0 bridgehead atoms. The molecule has 3 N–H and O–H groups in total. The fourth-order valence-corrected chi connectivity index (χ4v) is 1.72. The molecule has 0 saturated heterocycles. The second kappa shape index (κ2) is 5.45. The van der Waals surface area contributed by atoms with Gasteiger partial charge in [0, 0.05) is 18.0 Å². The molecule has 1 heterocycles. The van der Waals surface area contributed by atoms with Crippen LogP contribution in [0.2, 0.25) is 0 Å². The lowest BCUT2D eigenvalue weighted by Gasteiger charge is -2.06. The summed E-state index contributed by atoms with van der Waals surface area (Å²) < 4.78 is 1.52. The number of amides is 1. The molecule has 0 radical (unpaired) electrons. The van der Waals surface area contributed by atoms with Crippen molar-refractivity contribution in [2.75, 3.05) is 0 Å². The number of nitrogen functional groups attached to an aromatic ring is 1. The Balaban J connectivity index is 2.22. The van der Waals surface area contributed by atoms with Gasteiger partial charge in [-0.05, 0) is 30.2 Å². The third kappa shape index (κ3) is 3.05. The van der Waals surface area contributed by atoms with Crippen LogP contribution in [-0.4, -0.2) is 15.5 Å². The highest BCUT2D eigenvalue weighted by atomic mass is 16.2. The summed E-state index contributed by atoms with van der Waals surface area (Å²) in [5.74, 6) is 4.70. The molecule has 1 aromatic carbocycles. The predicted molar refractivity (Wildman–Crippen MR) is 70.4 cm³/mol. The Morgan fingerprint density at radius 2 is 2.05 bits per heavy atom. The lowest BCUT2D eigenvalue weighted by Crippen LogP contribution is -2.29. The largest absolute Gasteiger partial charge is 0.347 e. The van der Waals surface area contributed by atoms with Crippen LogP contribution in [0.3, 0.4) is 0 Å². The molecule has 0 aliphatic rings. The fraction of sp³-hybridized carbons (Fsp3) is 0.154. The van der Waals surface area contributed by atoms with Crippen molar-refractivity contribution in [1.29, 1.82) is 0 Å². The Labute approximate surface area is 109 Å². The van der Waals surface area contributed by atoms with Gasteiger partial charge in [0.25, 0.3) is 5.91 Å². The first-order valence-electron chi connectivity index (χ1n) is 5.73. The lowest BCUT2D eigenvalue weighted by molar-refractivity contribution is 0.0953. The van der Waals surface area contributed by atoms with Gasteiger partial charge in [-0.25, -0.2) is 15.6 Å². The molecule has 0 aliphatic heterocycles. The highest BCUT2D eigenvalue weighted by Gasteiger charge is 2.04. The van der Waals surface area contributed by atoms with Crippen molar-refractivity contribution < 1.29 is 4.79 Å². The molecule has 2 rings (SSSR count). The van der Waals surface area contributed by atoms with Crippen molar-refractivity contribution in [3.8, 4) is 0 Å². The molecule has 6 heteroatoms. The monoisotopic (exact) mass is 258 g/mol. The molecular weight excluding hydrogens is 244 g/mol. The number of hydrogen-bond acceptors (Lipinski definition) is 4. The Morgan fingerprint density at radius 3 is 2.68 bits per heavy atom. The van der Waals surface area contributed by atoms with Gasteiger partial charge in [-0.15, -0.1) is 0 Å². The summed E-state index contributed by atoms with van der Waals surface area (Å²) in [6.45, 7) is 2.29. The number of hydrazine groups is 1. The van der Waals surface area contributed by atoms with Gasteiger partial charge in [-0.1, -0.05) is 12.1 Å². The third-order valence-corrected chi connectivity index (χ3v) is 2.68. The molecule has 0 spiro atoms. The van der Waals surface area contributed by atoms with E-state index in [0.717, 1.165) is 11.1 Å². The molecule has 0 saturated carbocycles. The number of nitrogens with two attached hydrogens (primary N) is 1. The zero-order valence-corrected chi connectivity index (χ0v) is 10.5. The van der Waals surface area contributed by atoms with Crippen LogP contribution in [0.5, 0.6) is 0 Å². The van der Waals surface area contributed by atoms with E-state index in [9.17, 15) is 9.59 Å². The minimum Gasteiger partial charge on any atom is -0.294 e. The lowest BCUT2D eigenvalue weighted by atomic mass is 10.1. The first kappa shape index (κ1) is 13.0. The first-order valence-corrected chi connectivity index (χ1v) is 5.73. The Kier molecular flexibility index (Phi) is 3.72. The van der Waals surface area contributed by atoms with Gasteiger partial charge in [0.15, 0.2) is 0 Å². The molecule has 0 fully saturated rings. The van der Waals surface area contributed by atoms with Crippen LogP contribution in [0.25, 0.3) is 0 Å². The van der Waals surface area contributed by atoms with Gasteiger partial charge in [0.2, 0.25) is 0 Å². The first-order chi connectivity index (χ1) is 9.10. The van der Waals surface area contributed by atoms with E-state index in [1.807, 2.05) is 6.92 Å². The topological polar surface area (TPSA) is 90.0 Å². The molecule has 0 unspecified atom stereocenters. The van der Waals surface area contributed by atoms with Gasteiger partial charge < -0.3 is 0 Å². The van der Waals surface area contributed by atoms with E-state index in [0.29, 0.717) is 12.1 Å². The van der Waals surface area contributed by atoms with E-state index < -0.39 is 0 Å². The van der Waals surface area contributed by atoms with Crippen LogP contribution in [0, 0.1) is 6.92 Å². The maximum Gasteiger partial charge on any atom is 0.347 e. The minimum absolute atomic E-state index is 0.297. The second-order valence-electron chi connectivity index (χ2n) is 4.21. The van der Waals surface area contributed by atoms with E-state index in [1.54, 1.807) is 30.5 Å². The van der Waals surface area contributed by atoms with Crippen LogP contribution in [-0.2, 0) is 6.54 Å². The number of nitrogens with zero attached hydrogens (tertiary/aromatic N) is 2. The third-order valence-electron chi connectivity index (χ3n) is 2.68. The summed E-state index contributed by atoms with van der Waals surface area (Å²) in [7, 11) is 0. The van der Waals surface area contributed by atoms with Gasteiger partial charge in [0.05, 0.1) is 6.54 Å². The molecular formula is C13H14N4O2. The van der Waals surface area contributed by atoms with E-state index in [-0.39, 0.29) is 11.6 Å². The predicted octanol–water partition coefficient (Wildman–Crippen LogP) is 0.204. The minimum atomic E-state index is -0.346. The standard InChI is InChI=1S/C13H14N4O2/c1-9-6-15-13(19)17(7-9)8-10-2-4-11(5-3-10)12(18)16-14/h2-7H,8,14H2,1H3,(H,16,18). The van der Waals surface area contributed by atoms with Crippen molar-refractivity contribution in [3.63, 3.8) is 0 Å². The van der Waals surface area contributed by atoms with Crippen molar-refractivity contribution in [3.05, 3.63) is 63.8 Å². The summed E-state index contributed by atoms with van der Waals surface area (Å²) in [6, 6.07) is 6.87. The molecule has 0 atom stereocenters. The normalized spacial score (nSPS) is 10.2. The molecule has 1 aromatic heterocycles. The summed E-state index contributed by atoms with van der Waals surface area (Å²) in [5, 5.41) is 0. The number of aryl methyl sites for hydroxylation is 1. The highest BCUT2D eigenvalue weighted by Crippen LogP contribution is 2.05. The van der Waals surface area contributed by atoms with Crippen molar-refractivity contribution in [2.24, 2.45) is 5.84 Å². The van der Waals surface area contributed by atoms with Crippen molar-refractivity contribution in [2.45, 2.75) is 13.5 Å². The van der Waals surface area contributed by atoms with E-state index in [4.69, 9.17) is 5.84 Å². The van der Waals surface area contributed by atoms with Crippen LogP contribution in [0.4, 0.5) is 0 Å². The van der Waals surface area contributed by atoms with Crippen LogP contribution >= 0.6 is 0 Å². The number of nitrogens with one attached hydrogen (secondary N) is 1. The summed E-state index contributed by atoms with van der Waals surface area (Å²) >= 11 is 0. The zero-order chi connectivity index (χ0) is 13.8. The maximum atomic E-state index is 11.6. The Morgan fingerprint density at radius 1 is 1.37 bits per heavy atom. The van der Waals surface area contributed by atoms with Crippen LogP contribution in [0.1, 0.15) is 21.5 Å². The number of rotatable bonds is 3. The molecule has 19 heavy (non-hydrogen) atoms. The Bertz CT molecular complexity index is 646. The number of benzene rings is 1. The van der Waals surface area contributed by atoms with Crippen LogP contribution in [0.15, 0.2) is 41.5 Å². The van der Waals surface area contributed by atoms with Crippen molar-refractivity contribution in [1.82, 2.24) is 15.0 Å². The van der Waals surface area contributed by atoms with Gasteiger partial charge in [-0.3, -0.25) is 14.8 Å². The van der Waals surface area contributed by atoms with Gasteiger partial charge >= 0.3 is 5.69 Å². The summed E-state index contributed by atoms with van der Waals surface area (Å²) in [4.78, 5) is 26.6. The average Bonchev–Trinajstić information content (AvgIpc) is 2.43. The number of aromatic nitrogens is 2. The molecule has 98 valence electrons. The quantitative estimate of drug-likeness (QED) is 0.467. The van der Waals surface area contributed by atoms with Gasteiger partial charge in [0.1, 0.15) is 0 Å². The average molecular weight is 258 g/mol. The number of carbonyl (C=O) groups excluding carboxylic acids is 1. The van der Waals surface area contributed by atoms with Crippen LogP contribution < -0.4 is 17.0 Å².